The fraction of sp³-hybridized carbons (Fsp3) is 0.286. The molecule has 0 amide bonds. The molecule has 0 fully saturated rings. The van der Waals surface area contributed by atoms with E-state index in [1.54, 1.807) is 0 Å². The van der Waals surface area contributed by atoms with Gasteiger partial charge in [-0.1, -0.05) is 12.1 Å². The van der Waals surface area contributed by atoms with E-state index in [0.29, 0.717) is 5.69 Å². The van der Waals surface area contributed by atoms with Crippen molar-refractivity contribution < 1.29 is 0 Å². The van der Waals surface area contributed by atoms with E-state index in [9.17, 15) is 0 Å². The number of aryl methyl sites for hydroxylation is 2. The van der Waals surface area contributed by atoms with Crippen LogP contribution >= 0.6 is 12.2 Å². The summed E-state index contributed by atoms with van der Waals surface area (Å²) in [6.45, 7) is 7.81. The standard InChI is InChI=1S/C14H17N5S/c1-8-6-5-7-12(9(8)2)16-17-13-10(3)18-19(11(13)4)14(15)20/h5-7H,1-4H3,(H2,15,20). The van der Waals surface area contributed by atoms with E-state index in [4.69, 9.17) is 18.0 Å². The van der Waals surface area contributed by atoms with Crippen LogP contribution in [-0.4, -0.2) is 14.9 Å². The lowest BCUT2D eigenvalue weighted by atomic mass is 10.1. The third kappa shape index (κ3) is 2.60. The summed E-state index contributed by atoms with van der Waals surface area (Å²) in [6, 6.07) is 5.96. The molecule has 1 aromatic heterocycles. The maximum atomic E-state index is 5.61. The molecular weight excluding hydrogens is 270 g/mol. The number of nitrogens with two attached hydrogens (primary N) is 1. The van der Waals surface area contributed by atoms with Gasteiger partial charge in [-0.05, 0) is 57.1 Å². The first kappa shape index (κ1) is 14.3. The highest BCUT2D eigenvalue weighted by molar-refractivity contribution is 7.80. The minimum Gasteiger partial charge on any atom is -0.374 e. The lowest BCUT2D eigenvalue weighted by Gasteiger charge is -2.02. The molecule has 0 aliphatic heterocycles. The van der Waals surface area contributed by atoms with Crippen LogP contribution in [0.3, 0.4) is 0 Å². The fourth-order valence-electron chi connectivity index (χ4n) is 1.94. The average molecular weight is 287 g/mol. The maximum absolute atomic E-state index is 5.61. The predicted molar refractivity (Wildman–Crippen MR) is 84.0 cm³/mol. The molecule has 1 aromatic carbocycles. The van der Waals surface area contributed by atoms with Crippen LogP contribution < -0.4 is 5.73 Å². The van der Waals surface area contributed by atoms with Gasteiger partial charge in [0.2, 0.25) is 0 Å². The third-order valence-corrected chi connectivity index (χ3v) is 3.47. The van der Waals surface area contributed by atoms with Crippen molar-refractivity contribution in [1.29, 1.82) is 0 Å². The van der Waals surface area contributed by atoms with Gasteiger partial charge in [-0.3, -0.25) is 0 Å². The number of hydrogen-bond acceptors (Lipinski definition) is 4. The summed E-state index contributed by atoms with van der Waals surface area (Å²) in [5.41, 5.74) is 11.0. The van der Waals surface area contributed by atoms with E-state index in [2.05, 4.69) is 28.3 Å². The molecule has 2 rings (SSSR count). The summed E-state index contributed by atoms with van der Waals surface area (Å²) in [5, 5.41) is 13.1. The van der Waals surface area contributed by atoms with Crippen molar-refractivity contribution in [2.75, 3.05) is 0 Å². The molecule has 0 aliphatic rings. The van der Waals surface area contributed by atoms with Crippen molar-refractivity contribution in [2.24, 2.45) is 16.0 Å². The molecule has 6 heteroatoms. The number of nitrogens with zero attached hydrogens (tertiary/aromatic N) is 4. The molecule has 0 aliphatic carbocycles. The van der Waals surface area contributed by atoms with E-state index in [1.807, 2.05) is 32.9 Å². The Morgan fingerprint density at radius 1 is 1.20 bits per heavy atom. The van der Waals surface area contributed by atoms with Gasteiger partial charge in [0.15, 0.2) is 5.11 Å². The van der Waals surface area contributed by atoms with Gasteiger partial charge in [-0.2, -0.15) is 10.2 Å². The van der Waals surface area contributed by atoms with Gasteiger partial charge < -0.3 is 5.73 Å². The quantitative estimate of drug-likeness (QED) is 0.677. The van der Waals surface area contributed by atoms with Crippen molar-refractivity contribution in [3.05, 3.63) is 40.7 Å². The highest BCUT2D eigenvalue weighted by Gasteiger charge is 2.12. The zero-order valence-electron chi connectivity index (χ0n) is 12.0. The van der Waals surface area contributed by atoms with Crippen LogP contribution in [0.5, 0.6) is 0 Å². The summed E-state index contributed by atoms with van der Waals surface area (Å²) < 4.78 is 1.50. The number of benzene rings is 1. The third-order valence-electron chi connectivity index (χ3n) is 3.30. The maximum Gasteiger partial charge on any atom is 0.191 e. The van der Waals surface area contributed by atoms with E-state index >= 15 is 0 Å². The summed E-state index contributed by atoms with van der Waals surface area (Å²) in [5.74, 6) is 0. The van der Waals surface area contributed by atoms with Gasteiger partial charge in [-0.15, -0.1) is 5.11 Å². The Morgan fingerprint density at radius 2 is 1.90 bits per heavy atom. The lowest BCUT2D eigenvalue weighted by Crippen LogP contribution is -2.21. The SMILES string of the molecule is Cc1cccc(N=Nc2c(C)nn(C(N)=S)c2C)c1C. The lowest BCUT2D eigenvalue weighted by molar-refractivity contribution is 0.886. The first-order valence-corrected chi connectivity index (χ1v) is 6.66. The van der Waals surface area contributed by atoms with Crippen LogP contribution in [0.1, 0.15) is 22.5 Å². The Bertz CT molecular complexity index is 700. The molecule has 5 nitrogen and oxygen atoms in total. The number of hydrogen-bond donors (Lipinski definition) is 1. The van der Waals surface area contributed by atoms with Crippen LogP contribution in [0.2, 0.25) is 0 Å². The highest BCUT2D eigenvalue weighted by atomic mass is 32.1. The summed E-state index contributed by atoms with van der Waals surface area (Å²) in [4.78, 5) is 0. The minimum absolute atomic E-state index is 0.207. The molecular formula is C14H17N5S. The van der Waals surface area contributed by atoms with Crippen LogP contribution in [0.4, 0.5) is 11.4 Å². The normalized spacial score (nSPS) is 11.2. The Labute approximate surface area is 123 Å². The molecule has 104 valence electrons. The number of thiocarbonyl (C=S) groups is 1. The second-order valence-corrected chi connectivity index (χ2v) is 5.11. The van der Waals surface area contributed by atoms with E-state index in [1.165, 1.54) is 10.2 Å². The van der Waals surface area contributed by atoms with E-state index < -0.39 is 0 Å². The van der Waals surface area contributed by atoms with Gasteiger partial charge in [0.05, 0.1) is 17.1 Å². The number of rotatable bonds is 2. The average Bonchev–Trinajstić information content (AvgIpc) is 2.67. The molecule has 0 saturated carbocycles. The van der Waals surface area contributed by atoms with Crippen LogP contribution in [0, 0.1) is 27.7 Å². The fourth-order valence-corrected chi connectivity index (χ4v) is 2.12. The van der Waals surface area contributed by atoms with Gasteiger partial charge >= 0.3 is 0 Å². The molecule has 20 heavy (non-hydrogen) atoms. The van der Waals surface area contributed by atoms with E-state index in [0.717, 1.165) is 22.6 Å². The minimum atomic E-state index is 0.207. The topological polar surface area (TPSA) is 68.6 Å². The molecule has 0 radical (unpaired) electrons. The molecule has 2 N–H and O–H groups in total. The summed E-state index contributed by atoms with van der Waals surface area (Å²) in [7, 11) is 0. The summed E-state index contributed by atoms with van der Waals surface area (Å²) in [6.07, 6.45) is 0. The van der Waals surface area contributed by atoms with Crippen molar-refractivity contribution in [3.63, 3.8) is 0 Å². The van der Waals surface area contributed by atoms with Crippen LogP contribution in [0.15, 0.2) is 28.4 Å². The molecule has 0 bridgehead atoms. The number of azo groups is 1. The second-order valence-electron chi connectivity index (χ2n) is 4.69. The van der Waals surface area contributed by atoms with Gasteiger partial charge in [0, 0.05) is 0 Å². The van der Waals surface area contributed by atoms with Crippen molar-refractivity contribution >= 4 is 28.7 Å². The smallest absolute Gasteiger partial charge is 0.191 e. The Hall–Kier alpha value is -2.08. The van der Waals surface area contributed by atoms with Crippen molar-refractivity contribution in [3.8, 4) is 0 Å². The predicted octanol–water partition coefficient (Wildman–Crippen LogP) is 3.62. The Morgan fingerprint density at radius 3 is 2.50 bits per heavy atom. The molecule has 0 spiro atoms. The van der Waals surface area contributed by atoms with Crippen LogP contribution in [-0.2, 0) is 0 Å². The highest BCUT2D eigenvalue weighted by Crippen LogP contribution is 2.27. The first-order chi connectivity index (χ1) is 9.41. The monoisotopic (exact) mass is 287 g/mol. The molecule has 0 saturated heterocycles. The molecule has 1 heterocycles. The Kier molecular flexibility index (Phi) is 3.94. The molecule has 2 aromatic rings. The zero-order valence-corrected chi connectivity index (χ0v) is 12.8. The largest absolute Gasteiger partial charge is 0.374 e. The molecule has 0 unspecified atom stereocenters. The van der Waals surface area contributed by atoms with Crippen molar-refractivity contribution in [2.45, 2.75) is 27.7 Å². The zero-order chi connectivity index (χ0) is 14.9. The van der Waals surface area contributed by atoms with Crippen molar-refractivity contribution in [1.82, 2.24) is 9.78 Å². The van der Waals surface area contributed by atoms with Gasteiger partial charge in [0.25, 0.3) is 0 Å². The van der Waals surface area contributed by atoms with Crippen LogP contribution in [0.25, 0.3) is 0 Å². The first-order valence-electron chi connectivity index (χ1n) is 6.25. The second kappa shape index (κ2) is 5.50. The number of aromatic nitrogens is 2. The Balaban J connectivity index is 2.42. The van der Waals surface area contributed by atoms with E-state index in [-0.39, 0.29) is 5.11 Å². The van der Waals surface area contributed by atoms with Gasteiger partial charge in [-0.25, -0.2) is 4.68 Å². The molecule has 0 atom stereocenters. The van der Waals surface area contributed by atoms with Gasteiger partial charge in [0.1, 0.15) is 5.69 Å². The summed E-state index contributed by atoms with van der Waals surface area (Å²) >= 11 is 4.94.